The molecule has 1 heterocycles. The van der Waals surface area contributed by atoms with E-state index in [0.29, 0.717) is 48.4 Å². The van der Waals surface area contributed by atoms with Gasteiger partial charge >= 0.3 is 0 Å². The maximum absolute atomic E-state index is 12.7. The van der Waals surface area contributed by atoms with Crippen LogP contribution in [0.25, 0.3) is 6.08 Å². The molecule has 176 valence electrons. The maximum atomic E-state index is 12.7. The fourth-order valence-corrected chi connectivity index (χ4v) is 3.25. The number of ether oxygens (including phenoxy) is 4. The van der Waals surface area contributed by atoms with Gasteiger partial charge in [0.15, 0.2) is 23.0 Å². The van der Waals surface area contributed by atoms with Crippen LogP contribution in [0.15, 0.2) is 42.5 Å². The van der Waals surface area contributed by atoms with Gasteiger partial charge in [0.1, 0.15) is 19.8 Å². The standard InChI is InChI=1S/C25H30N2O6/c1-5-27(16-24(28)26-19-8-10-20-23(15-19)32-13-12-31-20)25(29)11-7-18-6-9-21(33-17(2)3)22(14-18)30-4/h6-11,14-15,17H,5,12-13,16H2,1-4H3,(H,26,28)/b11-7+. The zero-order valence-corrected chi connectivity index (χ0v) is 19.4. The molecule has 8 nitrogen and oxygen atoms in total. The van der Waals surface area contributed by atoms with Crippen LogP contribution in [-0.4, -0.2) is 56.2 Å². The highest BCUT2D eigenvalue weighted by Gasteiger charge is 2.16. The highest BCUT2D eigenvalue weighted by atomic mass is 16.6. The third-order valence-corrected chi connectivity index (χ3v) is 4.82. The average molecular weight is 455 g/mol. The second kappa shape index (κ2) is 11.3. The lowest BCUT2D eigenvalue weighted by Crippen LogP contribution is -2.36. The van der Waals surface area contributed by atoms with E-state index in [2.05, 4.69) is 5.32 Å². The van der Waals surface area contributed by atoms with Gasteiger partial charge in [-0.15, -0.1) is 0 Å². The molecular weight excluding hydrogens is 424 g/mol. The second-order valence-electron chi connectivity index (χ2n) is 7.67. The van der Waals surface area contributed by atoms with Crippen LogP contribution in [0.2, 0.25) is 0 Å². The topological polar surface area (TPSA) is 86.3 Å². The first-order valence-corrected chi connectivity index (χ1v) is 10.9. The summed E-state index contributed by atoms with van der Waals surface area (Å²) in [6.45, 7) is 6.99. The Bertz CT molecular complexity index is 1020. The zero-order valence-electron chi connectivity index (χ0n) is 19.4. The molecule has 0 fully saturated rings. The van der Waals surface area contributed by atoms with Crippen molar-refractivity contribution in [1.29, 1.82) is 0 Å². The number of likely N-dealkylation sites (N-methyl/N-ethyl adjacent to an activating group) is 1. The first-order chi connectivity index (χ1) is 15.9. The van der Waals surface area contributed by atoms with Gasteiger partial charge < -0.3 is 29.2 Å². The minimum Gasteiger partial charge on any atom is -0.493 e. The van der Waals surface area contributed by atoms with Gasteiger partial charge in [0, 0.05) is 24.4 Å². The molecule has 2 aromatic carbocycles. The molecular formula is C25H30N2O6. The molecule has 0 saturated heterocycles. The van der Waals surface area contributed by atoms with Gasteiger partial charge in [-0.3, -0.25) is 9.59 Å². The van der Waals surface area contributed by atoms with E-state index in [4.69, 9.17) is 18.9 Å². The molecule has 0 radical (unpaired) electrons. The van der Waals surface area contributed by atoms with E-state index in [1.165, 1.54) is 11.0 Å². The summed E-state index contributed by atoms with van der Waals surface area (Å²) in [5, 5.41) is 2.80. The van der Waals surface area contributed by atoms with Gasteiger partial charge in [-0.2, -0.15) is 0 Å². The largest absolute Gasteiger partial charge is 0.493 e. The van der Waals surface area contributed by atoms with Crippen LogP contribution in [0.5, 0.6) is 23.0 Å². The Morgan fingerprint density at radius 1 is 1.09 bits per heavy atom. The van der Waals surface area contributed by atoms with Crippen molar-refractivity contribution in [3.63, 3.8) is 0 Å². The SMILES string of the molecule is CCN(CC(=O)Nc1ccc2c(c1)OCCO2)C(=O)/C=C/c1ccc(OC(C)C)c(OC)c1. The van der Waals surface area contributed by atoms with Crippen LogP contribution in [0.3, 0.4) is 0 Å². The van der Waals surface area contributed by atoms with E-state index in [0.717, 1.165) is 5.56 Å². The summed E-state index contributed by atoms with van der Waals surface area (Å²) >= 11 is 0. The number of fused-ring (bicyclic) bond motifs is 1. The van der Waals surface area contributed by atoms with Gasteiger partial charge in [-0.1, -0.05) is 6.07 Å². The molecule has 0 unspecified atom stereocenters. The first-order valence-electron chi connectivity index (χ1n) is 10.9. The minimum atomic E-state index is -0.299. The van der Waals surface area contributed by atoms with Crippen LogP contribution in [0, 0.1) is 0 Å². The Morgan fingerprint density at radius 2 is 1.85 bits per heavy atom. The lowest BCUT2D eigenvalue weighted by Gasteiger charge is -2.20. The summed E-state index contributed by atoms with van der Waals surface area (Å²) in [6, 6.07) is 10.7. The van der Waals surface area contributed by atoms with E-state index >= 15 is 0 Å². The molecule has 0 saturated carbocycles. The number of carbonyl (C=O) groups excluding carboxylic acids is 2. The Kier molecular flexibility index (Phi) is 8.18. The number of nitrogens with one attached hydrogen (secondary N) is 1. The van der Waals surface area contributed by atoms with Crippen LogP contribution >= 0.6 is 0 Å². The molecule has 0 atom stereocenters. The molecule has 0 bridgehead atoms. The number of hydrogen-bond donors (Lipinski definition) is 1. The van der Waals surface area contributed by atoms with Gasteiger partial charge in [0.05, 0.1) is 13.2 Å². The van der Waals surface area contributed by atoms with Crippen molar-refractivity contribution in [2.75, 3.05) is 38.7 Å². The molecule has 1 aliphatic rings. The van der Waals surface area contributed by atoms with Crippen LogP contribution in [-0.2, 0) is 9.59 Å². The molecule has 33 heavy (non-hydrogen) atoms. The Labute approximate surface area is 194 Å². The zero-order chi connectivity index (χ0) is 23.8. The molecule has 0 aromatic heterocycles. The monoisotopic (exact) mass is 454 g/mol. The normalized spacial score (nSPS) is 12.5. The molecule has 1 aliphatic heterocycles. The summed E-state index contributed by atoms with van der Waals surface area (Å²) in [6.07, 6.45) is 3.15. The molecule has 2 amide bonds. The van der Waals surface area contributed by atoms with E-state index in [-0.39, 0.29) is 24.5 Å². The van der Waals surface area contributed by atoms with Crippen molar-refractivity contribution in [2.45, 2.75) is 26.9 Å². The van der Waals surface area contributed by atoms with E-state index in [1.807, 2.05) is 26.8 Å². The number of carbonyl (C=O) groups is 2. The average Bonchev–Trinajstić information content (AvgIpc) is 2.81. The van der Waals surface area contributed by atoms with Crippen molar-refractivity contribution < 1.29 is 28.5 Å². The third kappa shape index (κ3) is 6.65. The number of hydrogen-bond acceptors (Lipinski definition) is 6. The number of methoxy groups -OCH3 is 1. The lowest BCUT2D eigenvalue weighted by molar-refractivity contribution is -0.130. The predicted molar refractivity (Wildman–Crippen MR) is 126 cm³/mol. The molecule has 0 aliphatic carbocycles. The molecule has 2 aromatic rings. The summed E-state index contributed by atoms with van der Waals surface area (Å²) in [7, 11) is 1.57. The smallest absolute Gasteiger partial charge is 0.247 e. The van der Waals surface area contributed by atoms with Crippen LogP contribution in [0.1, 0.15) is 26.3 Å². The lowest BCUT2D eigenvalue weighted by atomic mass is 10.2. The van der Waals surface area contributed by atoms with Crippen molar-refractivity contribution in [3.8, 4) is 23.0 Å². The van der Waals surface area contributed by atoms with E-state index < -0.39 is 0 Å². The van der Waals surface area contributed by atoms with Crippen molar-refractivity contribution in [1.82, 2.24) is 4.90 Å². The number of amides is 2. The molecule has 3 rings (SSSR count). The van der Waals surface area contributed by atoms with Gasteiger partial charge in [0.2, 0.25) is 11.8 Å². The second-order valence-corrected chi connectivity index (χ2v) is 7.67. The Balaban J connectivity index is 1.60. The van der Waals surface area contributed by atoms with Crippen LogP contribution in [0.4, 0.5) is 5.69 Å². The predicted octanol–water partition coefficient (Wildman–Crippen LogP) is 3.75. The maximum Gasteiger partial charge on any atom is 0.247 e. The molecule has 8 heteroatoms. The van der Waals surface area contributed by atoms with Gasteiger partial charge in [-0.05, 0) is 56.7 Å². The van der Waals surface area contributed by atoms with Crippen molar-refractivity contribution >= 4 is 23.6 Å². The van der Waals surface area contributed by atoms with Crippen molar-refractivity contribution in [2.24, 2.45) is 0 Å². The fraction of sp³-hybridized carbons (Fsp3) is 0.360. The van der Waals surface area contributed by atoms with Gasteiger partial charge in [0.25, 0.3) is 0 Å². The number of nitrogens with zero attached hydrogens (tertiary/aromatic N) is 1. The highest BCUT2D eigenvalue weighted by Crippen LogP contribution is 2.32. The first kappa shape index (κ1) is 24.0. The Hall–Kier alpha value is -3.68. The third-order valence-electron chi connectivity index (χ3n) is 4.82. The minimum absolute atomic E-state index is 0.0216. The number of benzene rings is 2. The van der Waals surface area contributed by atoms with Gasteiger partial charge in [-0.25, -0.2) is 0 Å². The summed E-state index contributed by atoms with van der Waals surface area (Å²) in [4.78, 5) is 26.6. The quantitative estimate of drug-likeness (QED) is 0.581. The van der Waals surface area contributed by atoms with E-state index in [9.17, 15) is 9.59 Å². The Morgan fingerprint density at radius 3 is 2.55 bits per heavy atom. The number of anilines is 1. The number of rotatable bonds is 9. The van der Waals surface area contributed by atoms with Crippen LogP contribution < -0.4 is 24.3 Å². The highest BCUT2D eigenvalue weighted by molar-refractivity contribution is 5.98. The van der Waals surface area contributed by atoms with Crippen molar-refractivity contribution in [3.05, 3.63) is 48.0 Å². The fourth-order valence-electron chi connectivity index (χ4n) is 3.25. The summed E-state index contributed by atoms with van der Waals surface area (Å²) in [5.41, 5.74) is 1.37. The summed E-state index contributed by atoms with van der Waals surface area (Å²) in [5.74, 6) is 1.90. The summed E-state index contributed by atoms with van der Waals surface area (Å²) < 4.78 is 22.1. The molecule has 0 spiro atoms. The molecule has 1 N–H and O–H groups in total. The van der Waals surface area contributed by atoms with E-state index in [1.54, 1.807) is 43.5 Å².